The highest BCUT2D eigenvalue weighted by atomic mass is 79.9. The number of hydrogen-bond donors (Lipinski definition) is 2. The molecule has 29 heavy (non-hydrogen) atoms. The number of carbonyl (C=O) groups excluding carboxylic acids is 2. The number of hydrogen-bond acceptors (Lipinski definition) is 4. The third kappa shape index (κ3) is 4.55. The molecular weight excluding hydrogens is 525 g/mol. The van der Waals surface area contributed by atoms with Crippen molar-refractivity contribution in [3.05, 3.63) is 32.4 Å². The number of amides is 2. The lowest BCUT2D eigenvalue weighted by molar-refractivity contribution is -0.274. The fourth-order valence-corrected chi connectivity index (χ4v) is 5.18. The Morgan fingerprint density at radius 3 is 2.34 bits per heavy atom. The number of alkyl carbamates (subject to hydrolysis) is 1. The summed E-state index contributed by atoms with van der Waals surface area (Å²) in [6.07, 6.45) is -2.67. The van der Waals surface area contributed by atoms with Gasteiger partial charge in [0.15, 0.2) is 0 Å². The molecule has 0 unspecified atom stereocenters. The van der Waals surface area contributed by atoms with E-state index in [1.807, 2.05) is 0 Å². The molecule has 1 aliphatic carbocycles. The Labute approximate surface area is 181 Å². The van der Waals surface area contributed by atoms with Gasteiger partial charge in [0.1, 0.15) is 11.5 Å². The SMILES string of the molecule is CCNC(=O)OC1=C(c2c(Br)cc(OC(F)(F)F)cc2Br)C(=O)NC12CCCC2. The van der Waals surface area contributed by atoms with Crippen LogP contribution in [-0.4, -0.2) is 30.4 Å². The molecule has 6 nitrogen and oxygen atoms in total. The number of ether oxygens (including phenoxy) is 2. The minimum Gasteiger partial charge on any atom is -0.411 e. The predicted molar refractivity (Wildman–Crippen MR) is 105 cm³/mol. The topological polar surface area (TPSA) is 76.7 Å². The molecule has 0 aromatic heterocycles. The summed E-state index contributed by atoms with van der Waals surface area (Å²) in [5.74, 6) is -0.741. The first-order valence-corrected chi connectivity index (χ1v) is 10.4. The van der Waals surface area contributed by atoms with Crippen molar-refractivity contribution in [1.29, 1.82) is 0 Å². The van der Waals surface area contributed by atoms with E-state index in [0.29, 0.717) is 19.4 Å². The molecular formula is C18H17Br2F3N2O4. The molecule has 1 fully saturated rings. The second-order valence-corrected chi connectivity index (χ2v) is 8.39. The third-order valence-electron chi connectivity index (χ3n) is 4.71. The molecule has 2 amide bonds. The molecule has 3 rings (SSSR count). The average molecular weight is 542 g/mol. The van der Waals surface area contributed by atoms with Gasteiger partial charge in [0, 0.05) is 21.1 Å². The van der Waals surface area contributed by atoms with Crippen LogP contribution in [0.25, 0.3) is 5.57 Å². The van der Waals surface area contributed by atoms with Gasteiger partial charge in [-0.25, -0.2) is 4.79 Å². The van der Waals surface area contributed by atoms with Gasteiger partial charge in [0.25, 0.3) is 5.91 Å². The molecule has 1 saturated carbocycles. The Hall–Kier alpha value is -1.75. The summed E-state index contributed by atoms with van der Waals surface area (Å²) < 4.78 is 47.5. The maximum atomic E-state index is 12.9. The van der Waals surface area contributed by atoms with Crippen LogP contribution in [0.15, 0.2) is 26.8 Å². The number of alkyl halides is 3. The molecule has 0 saturated heterocycles. The summed E-state index contributed by atoms with van der Waals surface area (Å²) in [7, 11) is 0. The van der Waals surface area contributed by atoms with Crippen molar-refractivity contribution >= 4 is 49.4 Å². The molecule has 1 heterocycles. The highest BCUT2D eigenvalue weighted by Crippen LogP contribution is 2.47. The molecule has 11 heteroatoms. The molecule has 0 atom stereocenters. The van der Waals surface area contributed by atoms with Crippen LogP contribution in [-0.2, 0) is 9.53 Å². The van der Waals surface area contributed by atoms with Gasteiger partial charge < -0.3 is 20.1 Å². The monoisotopic (exact) mass is 540 g/mol. The van der Waals surface area contributed by atoms with Gasteiger partial charge in [0.05, 0.1) is 11.1 Å². The Morgan fingerprint density at radius 2 is 1.83 bits per heavy atom. The molecule has 0 radical (unpaired) electrons. The first-order chi connectivity index (χ1) is 13.6. The van der Waals surface area contributed by atoms with Gasteiger partial charge in [-0.15, -0.1) is 13.2 Å². The van der Waals surface area contributed by atoms with Crippen molar-refractivity contribution < 1.29 is 32.2 Å². The average Bonchev–Trinajstić information content (AvgIpc) is 3.13. The van der Waals surface area contributed by atoms with Gasteiger partial charge in [0.2, 0.25) is 0 Å². The predicted octanol–water partition coefficient (Wildman–Crippen LogP) is 5.01. The molecule has 2 aliphatic rings. The Morgan fingerprint density at radius 1 is 1.24 bits per heavy atom. The van der Waals surface area contributed by atoms with E-state index in [9.17, 15) is 22.8 Å². The van der Waals surface area contributed by atoms with Crippen molar-refractivity contribution in [2.75, 3.05) is 6.54 Å². The Bertz CT molecular complexity index is 857. The van der Waals surface area contributed by atoms with Crippen LogP contribution in [0.3, 0.4) is 0 Å². The number of benzene rings is 1. The third-order valence-corrected chi connectivity index (χ3v) is 5.96. The van der Waals surface area contributed by atoms with Crippen molar-refractivity contribution in [1.82, 2.24) is 10.6 Å². The zero-order valence-corrected chi connectivity index (χ0v) is 18.4. The van der Waals surface area contributed by atoms with E-state index >= 15 is 0 Å². The van der Waals surface area contributed by atoms with Gasteiger partial charge in [-0.3, -0.25) is 4.79 Å². The fourth-order valence-electron chi connectivity index (χ4n) is 3.64. The standard InChI is InChI=1S/C18H17Br2F3N2O4/c1-2-24-16(27)28-14-13(15(26)25-17(14)5-3-4-6-17)12-10(19)7-9(8-11(12)20)29-18(21,22)23/h7-8H,2-6H2,1H3,(H,24,27)(H,25,26). The van der Waals surface area contributed by atoms with Crippen LogP contribution in [0.5, 0.6) is 5.75 Å². The minimum absolute atomic E-state index is 0.0930. The summed E-state index contributed by atoms with van der Waals surface area (Å²) >= 11 is 6.43. The fraction of sp³-hybridized carbons (Fsp3) is 0.444. The summed E-state index contributed by atoms with van der Waals surface area (Å²) in [6.45, 7) is 2.07. The normalized spacial score (nSPS) is 18.2. The molecule has 1 aliphatic heterocycles. The first-order valence-electron chi connectivity index (χ1n) is 8.84. The Kier molecular flexibility index (Phi) is 6.19. The number of rotatable bonds is 4. The van der Waals surface area contributed by atoms with Crippen molar-refractivity contribution in [2.24, 2.45) is 0 Å². The highest BCUT2D eigenvalue weighted by molar-refractivity contribution is 9.11. The summed E-state index contributed by atoms with van der Waals surface area (Å²) in [5.41, 5.74) is -0.437. The zero-order chi connectivity index (χ0) is 21.4. The number of carbonyl (C=O) groups is 2. The van der Waals surface area contributed by atoms with Crippen LogP contribution in [0.4, 0.5) is 18.0 Å². The van der Waals surface area contributed by atoms with Gasteiger partial charge >= 0.3 is 12.5 Å². The smallest absolute Gasteiger partial charge is 0.411 e. The molecule has 1 aromatic carbocycles. The highest BCUT2D eigenvalue weighted by Gasteiger charge is 2.50. The van der Waals surface area contributed by atoms with E-state index in [1.165, 1.54) is 0 Å². The first kappa shape index (κ1) is 21.9. The zero-order valence-electron chi connectivity index (χ0n) is 15.2. The summed E-state index contributed by atoms with van der Waals surface area (Å²) in [4.78, 5) is 25.0. The van der Waals surface area contributed by atoms with E-state index in [0.717, 1.165) is 25.0 Å². The van der Waals surface area contributed by atoms with Crippen LogP contribution >= 0.6 is 31.9 Å². The minimum atomic E-state index is -4.86. The molecule has 0 bridgehead atoms. The number of halogens is 5. The molecule has 1 spiro atoms. The molecule has 158 valence electrons. The second-order valence-electron chi connectivity index (χ2n) is 6.68. The van der Waals surface area contributed by atoms with E-state index < -0.39 is 29.7 Å². The van der Waals surface area contributed by atoms with Crippen LogP contribution in [0.2, 0.25) is 0 Å². The van der Waals surface area contributed by atoms with Crippen LogP contribution in [0.1, 0.15) is 38.2 Å². The van der Waals surface area contributed by atoms with Crippen molar-refractivity contribution in [3.63, 3.8) is 0 Å². The number of nitrogens with one attached hydrogen (secondary N) is 2. The van der Waals surface area contributed by atoms with Crippen LogP contribution < -0.4 is 15.4 Å². The van der Waals surface area contributed by atoms with Gasteiger partial charge in [-0.05, 0) is 63.8 Å². The quantitative estimate of drug-likeness (QED) is 0.562. The maximum absolute atomic E-state index is 12.9. The van der Waals surface area contributed by atoms with E-state index in [4.69, 9.17) is 4.74 Å². The lowest BCUT2D eigenvalue weighted by Crippen LogP contribution is -2.43. The van der Waals surface area contributed by atoms with Crippen LogP contribution in [0, 0.1) is 0 Å². The van der Waals surface area contributed by atoms with E-state index in [1.54, 1.807) is 6.92 Å². The molecule has 1 aromatic rings. The van der Waals surface area contributed by atoms with Gasteiger partial charge in [-0.2, -0.15) is 0 Å². The van der Waals surface area contributed by atoms with E-state index in [2.05, 4.69) is 47.2 Å². The summed E-state index contributed by atoms with van der Waals surface area (Å²) in [5, 5.41) is 5.44. The van der Waals surface area contributed by atoms with Crippen molar-refractivity contribution in [3.8, 4) is 5.75 Å². The second kappa shape index (κ2) is 8.17. The summed E-state index contributed by atoms with van der Waals surface area (Å²) in [6, 6.07) is 2.22. The van der Waals surface area contributed by atoms with E-state index in [-0.39, 0.29) is 25.8 Å². The lowest BCUT2D eigenvalue weighted by atomic mass is 9.94. The maximum Gasteiger partial charge on any atom is 0.573 e. The lowest BCUT2D eigenvalue weighted by Gasteiger charge is -2.26. The largest absolute Gasteiger partial charge is 0.573 e. The van der Waals surface area contributed by atoms with Crippen molar-refractivity contribution in [2.45, 2.75) is 44.5 Å². The molecule has 2 N–H and O–H groups in total. The van der Waals surface area contributed by atoms with Gasteiger partial charge in [-0.1, -0.05) is 12.8 Å². The Balaban J connectivity index is 2.11.